The van der Waals surface area contributed by atoms with Crippen LogP contribution in [0, 0.1) is 19.8 Å². The molecule has 1 aliphatic heterocycles. The van der Waals surface area contributed by atoms with Crippen molar-refractivity contribution in [3.63, 3.8) is 0 Å². The smallest absolute Gasteiger partial charge is 0.294 e. The second-order valence-corrected chi connectivity index (χ2v) is 9.47. The number of hydrogen-bond donors (Lipinski definition) is 1. The Morgan fingerprint density at radius 2 is 1.85 bits per heavy atom. The molecule has 7 nitrogen and oxygen atoms in total. The van der Waals surface area contributed by atoms with E-state index in [4.69, 9.17) is 9.47 Å². The molecule has 2 aromatic carbocycles. The van der Waals surface area contributed by atoms with E-state index in [-0.39, 0.29) is 11.4 Å². The highest BCUT2D eigenvalue weighted by molar-refractivity contribution is 8.18. The molecule has 0 spiro atoms. The number of carbonyl (C=O) groups is 3. The van der Waals surface area contributed by atoms with Gasteiger partial charge in [0.15, 0.2) is 11.5 Å². The molecule has 1 aliphatic rings. The maximum atomic E-state index is 12.9. The normalized spacial score (nSPS) is 14.8. The fraction of sp³-hybridized carbons (Fsp3) is 0.346. The molecule has 0 unspecified atom stereocenters. The molecule has 3 rings (SSSR count). The number of rotatable bonds is 9. The second kappa shape index (κ2) is 11.2. The number of aryl methyl sites for hydroxylation is 2. The highest BCUT2D eigenvalue weighted by atomic mass is 32.2. The van der Waals surface area contributed by atoms with Gasteiger partial charge >= 0.3 is 0 Å². The molecule has 0 bridgehead atoms. The minimum Gasteiger partial charge on any atom is -0.490 e. The molecule has 0 aliphatic carbocycles. The first-order valence-electron chi connectivity index (χ1n) is 11.2. The zero-order valence-electron chi connectivity index (χ0n) is 20.1. The van der Waals surface area contributed by atoms with Crippen LogP contribution in [0.4, 0.5) is 10.5 Å². The summed E-state index contributed by atoms with van der Waals surface area (Å²) in [5.41, 5.74) is 3.35. The Bertz CT molecular complexity index is 1130. The van der Waals surface area contributed by atoms with Gasteiger partial charge in [-0.3, -0.25) is 19.3 Å². The van der Waals surface area contributed by atoms with Crippen LogP contribution in [0.15, 0.2) is 41.3 Å². The lowest BCUT2D eigenvalue weighted by molar-refractivity contribution is -0.127. The van der Waals surface area contributed by atoms with Gasteiger partial charge in [-0.2, -0.15) is 0 Å². The van der Waals surface area contributed by atoms with Gasteiger partial charge in [-0.1, -0.05) is 37.6 Å². The summed E-state index contributed by atoms with van der Waals surface area (Å²) in [6.07, 6.45) is 1.63. The summed E-state index contributed by atoms with van der Waals surface area (Å²) in [4.78, 5) is 39.0. The highest BCUT2D eigenvalue weighted by Crippen LogP contribution is 2.35. The zero-order valence-corrected chi connectivity index (χ0v) is 21.0. The molecule has 1 heterocycles. The molecule has 3 amide bonds. The van der Waals surface area contributed by atoms with E-state index in [2.05, 4.69) is 19.2 Å². The average Bonchev–Trinajstić information content (AvgIpc) is 3.02. The van der Waals surface area contributed by atoms with E-state index in [9.17, 15) is 14.4 Å². The maximum absolute atomic E-state index is 12.9. The third kappa shape index (κ3) is 6.41. The van der Waals surface area contributed by atoms with Crippen molar-refractivity contribution in [1.29, 1.82) is 0 Å². The molecule has 0 saturated carbocycles. The van der Waals surface area contributed by atoms with Crippen molar-refractivity contribution < 1.29 is 23.9 Å². The number of amides is 3. The minimum atomic E-state index is -0.496. The van der Waals surface area contributed by atoms with Crippen molar-refractivity contribution in [2.24, 2.45) is 5.92 Å². The number of imide groups is 1. The van der Waals surface area contributed by atoms with Gasteiger partial charge in [0.1, 0.15) is 6.54 Å². The van der Waals surface area contributed by atoms with Crippen LogP contribution in [0.5, 0.6) is 11.5 Å². The molecule has 1 fully saturated rings. The average molecular weight is 483 g/mol. The monoisotopic (exact) mass is 482 g/mol. The molecule has 0 aromatic heterocycles. The quantitative estimate of drug-likeness (QED) is 0.481. The number of ether oxygens (including phenoxy) is 2. The Morgan fingerprint density at radius 1 is 1.09 bits per heavy atom. The third-order valence-electron chi connectivity index (χ3n) is 4.97. The Hall–Kier alpha value is -3.26. The minimum absolute atomic E-state index is 0.252. The van der Waals surface area contributed by atoms with E-state index in [0.717, 1.165) is 27.8 Å². The van der Waals surface area contributed by atoms with E-state index in [1.165, 1.54) is 0 Å². The fourth-order valence-electron chi connectivity index (χ4n) is 3.33. The lowest BCUT2D eigenvalue weighted by Crippen LogP contribution is -2.36. The summed E-state index contributed by atoms with van der Waals surface area (Å²) >= 11 is 0.814. The van der Waals surface area contributed by atoms with Crippen LogP contribution in [-0.2, 0) is 9.59 Å². The Morgan fingerprint density at radius 3 is 2.53 bits per heavy atom. The van der Waals surface area contributed by atoms with Crippen LogP contribution in [-0.4, -0.2) is 41.7 Å². The lowest BCUT2D eigenvalue weighted by atomic mass is 10.1. The van der Waals surface area contributed by atoms with Crippen LogP contribution in [0.3, 0.4) is 0 Å². The SMILES string of the molecule is CCOc1cc(/C=C2\SC(=O)N(CC(=O)Nc3ccc(C)cc3C)C2=O)ccc1OCC(C)C. The summed E-state index contributed by atoms with van der Waals surface area (Å²) in [6.45, 7) is 10.5. The number of anilines is 1. The molecule has 0 radical (unpaired) electrons. The molecule has 180 valence electrons. The summed E-state index contributed by atoms with van der Waals surface area (Å²) in [5.74, 6) is 0.644. The molecular weight excluding hydrogens is 452 g/mol. The van der Waals surface area contributed by atoms with Crippen molar-refractivity contribution in [1.82, 2.24) is 4.90 Å². The molecule has 8 heteroatoms. The van der Waals surface area contributed by atoms with Crippen LogP contribution >= 0.6 is 11.8 Å². The van der Waals surface area contributed by atoms with E-state index < -0.39 is 17.1 Å². The molecule has 0 atom stereocenters. The Balaban J connectivity index is 1.72. The van der Waals surface area contributed by atoms with Gasteiger partial charge in [-0.05, 0) is 73.9 Å². The largest absolute Gasteiger partial charge is 0.490 e. The summed E-state index contributed by atoms with van der Waals surface area (Å²) in [6, 6.07) is 11.0. The van der Waals surface area contributed by atoms with Crippen molar-refractivity contribution in [3.05, 3.63) is 58.0 Å². The first-order chi connectivity index (χ1) is 16.2. The predicted molar refractivity (Wildman–Crippen MR) is 135 cm³/mol. The molecule has 34 heavy (non-hydrogen) atoms. The number of nitrogens with one attached hydrogen (secondary N) is 1. The van der Waals surface area contributed by atoms with Gasteiger partial charge < -0.3 is 14.8 Å². The summed E-state index contributed by atoms with van der Waals surface area (Å²) < 4.78 is 11.5. The number of hydrogen-bond acceptors (Lipinski definition) is 6. The summed E-state index contributed by atoms with van der Waals surface area (Å²) in [7, 11) is 0. The van der Waals surface area contributed by atoms with E-state index >= 15 is 0 Å². The van der Waals surface area contributed by atoms with Crippen molar-refractivity contribution >= 4 is 40.6 Å². The van der Waals surface area contributed by atoms with Crippen molar-refractivity contribution in [2.45, 2.75) is 34.6 Å². The number of benzene rings is 2. The van der Waals surface area contributed by atoms with Gasteiger partial charge in [-0.25, -0.2) is 0 Å². The third-order valence-corrected chi connectivity index (χ3v) is 5.88. The second-order valence-electron chi connectivity index (χ2n) is 8.48. The van der Waals surface area contributed by atoms with Crippen LogP contribution in [0.25, 0.3) is 6.08 Å². The van der Waals surface area contributed by atoms with Gasteiger partial charge in [0, 0.05) is 5.69 Å². The molecular formula is C26H30N2O5S. The maximum Gasteiger partial charge on any atom is 0.294 e. The number of thioether (sulfide) groups is 1. The Kier molecular flexibility index (Phi) is 8.39. The van der Waals surface area contributed by atoms with E-state index in [1.54, 1.807) is 30.3 Å². The number of carbonyl (C=O) groups excluding carboxylic acids is 3. The Labute approximate surface area is 204 Å². The fourth-order valence-corrected chi connectivity index (χ4v) is 4.17. The lowest BCUT2D eigenvalue weighted by Gasteiger charge is -2.14. The topological polar surface area (TPSA) is 84.9 Å². The number of nitrogens with zero attached hydrogens (tertiary/aromatic N) is 1. The van der Waals surface area contributed by atoms with Gasteiger partial charge in [0.25, 0.3) is 11.1 Å². The van der Waals surface area contributed by atoms with Crippen molar-refractivity contribution in [2.75, 3.05) is 25.1 Å². The molecule has 1 saturated heterocycles. The van der Waals surface area contributed by atoms with E-state index in [0.29, 0.717) is 41.9 Å². The van der Waals surface area contributed by atoms with E-state index in [1.807, 2.05) is 32.9 Å². The van der Waals surface area contributed by atoms with Crippen LogP contribution in [0.1, 0.15) is 37.5 Å². The van der Waals surface area contributed by atoms with Crippen molar-refractivity contribution in [3.8, 4) is 11.5 Å². The van der Waals surface area contributed by atoms with Gasteiger partial charge in [0.2, 0.25) is 5.91 Å². The summed E-state index contributed by atoms with van der Waals surface area (Å²) in [5, 5.41) is 2.30. The predicted octanol–water partition coefficient (Wildman–Crippen LogP) is 5.41. The van der Waals surface area contributed by atoms with Crippen LogP contribution in [0.2, 0.25) is 0 Å². The standard InChI is InChI=1S/C26H30N2O5S/c1-6-32-22-12-19(8-10-21(22)33-15-16(2)3)13-23-25(30)28(26(31)34-23)14-24(29)27-20-9-7-17(4)11-18(20)5/h7-13,16H,6,14-15H2,1-5H3,(H,27,29)/b23-13-. The van der Waals surface area contributed by atoms with Gasteiger partial charge in [0.05, 0.1) is 18.1 Å². The van der Waals surface area contributed by atoms with Gasteiger partial charge in [-0.15, -0.1) is 0 Å². The zero-order chi connectivity index (χ0) is 24.8. The first kappa shape index (κ1) is 25.4. The molecule has 2 aromatic rings. The highest BCUT2D eigenvalue weighted by Gasteiger charge is 2.36. The molecule has 1 N–H and O–H groups in total. The van der Waals surface area contributed by atoms with Crippen LogP contribution < -0.4 is 14.8 Å². The first-order valence-corrected chi connectivity index (χ1v) is 12.0.